The number of rotatable bonds is 3. The summed E-state index contributed by atoms with van der Waals surface area (Å²) >= 11 is 1.49. The molecule has 2 amide bonds. The number of hydrogen-bond acceptors (Lipinski definition) is 5. The third-order valence-corrected chi connectivity index (χ3v) is 5.66. The maximum Gasteiger partial charge on any atom is 0.310 e. The van der Waals surface area contributed by atoms with Gasteiger partial charge in [-0.2, -0.15) is 0 Å². The molecule has 7 heteroatoms. The van der Waals surface area contributed by atoms with Crippen molar-refractivity contribution in [3.8, 4) is 0 Å². The van der Waals surface area contributed by atoms with Crippen molar-refractivity contribution in [2.45, 2.75) is 36.8 Å². The molecule has 2 atom stereocenters. The molecule has 6 nitrogen and oxygen atoms in total. The Morgan fingerprint density at radius 3 is 2.96 bits per heavy atom. The van der Waals surface area contributed by atoms with Gasteiger partial charge in [0.2, 0.25) is 5.91 Å². The van der Waals surface area contributed by atoms with Gasteiger partial charge in [-0.3, -0.25) is 14.4 Å². The number of anilines is 1. The minimum atomic E-state index is -0.258. The number of fused-ring (bicyclic) bond motifs is 1. The molecule has 0 bridgehead atoms. The van der Waals surface area contributed by atoms with Gasteiger partial charge in [0.25, 0.3) is 5.91 Å². The molecule has 1 aromatic carbocycles. The largest absolute Gasteiger partial charge is 0.466 e. The quantitative estimate of drug-likeness (QED) is 0.836. The van der Waals surface area contributed by atoms with E-state index < -0.39 is 0 Å². The van der Waals surface area contributed by atoms with Crippen LogP contribution in [0.3, 0.4) is 0 Å². The number of carbonyl (C=O) groups excluding carboxylic acids is 3. The third-order valence-electron chi connectivity index (χ3n) is 4.49. The molecular weight excluding hydrogens is 340 g/mol. The Morgan fingerprint density at radius 2 is 2.20 bits per heavy atom. The highest BCUT2D eigenvalue weighted by molar-refractivity contribution is 8.00. The van der Waals surface area contributed by atoms with Crippen LogP contribution in [-0.4, -0.2) is 47.6 Å². The lowest BCUT2D eigenvalue weighted by Gasteiger charge is -2.32. The van der Waals surface area contributed by atoms with E-state index in [1.54, 1.807) is 24.0 Å². The zero-order valence-electron chi connectivity index (χ0n) is 14.4. The Morgan fingerprint density at radius 1 is 1.40 bits per heavy atom. The molecule has 0 radical (unpaired) electrons. The first-order valence-corrected chi connectivity index (χ1v) is 9.45. The van der Waals surface area contributed by atoms with Crippen molar-refractivity contribution in [2.24, 2.45) is 5.92 Å². The minimum absolute atomic E-state index is 0.0533. The van der Waals surface area contributed by atoms with Gasteiger partial charge in [-0.1, -0.05) is 0 Å². The van der Waals surface area contributed by atoms with Crippen molar-refractivity contribution in [1.82, 2.24) is 4.90 Å². The summed E-state index contributed by atoms with van der Waals surface area (Å²) in [6.45, 7) is 5.00. The van der Waals surface area contributed by atoms with Crippen LogP contribution in [0.25, 0.3) is 0 Å². The smallest absolute Gasteiger partial charge is 0.310 e. The molecule has 0 aromatic heterocycles. The van der Waals surface area contributed by atoms with E-state index in [-0.39, 0.29) is 29.0 Å². The van der Waals surface area contributed by atoms with Crippen molar-refractivity contribution in [3.63, 3.8) is 0 Å². The zero-order chi connectivity index (χ0) is 18.0. The maximum absolute atomic E-state index is 12.8. The van der Waals surface area contributed by atoms with Crippen LogP contribution in [0.1, 0.15) is 37.0 Å². The molecule has 2 aliphatic heterocycles. The molecule has 3 rings (SSSR count). The molecule has 0 unspecified atom stereocenters. The Bertz CT molecular complexity index is 706. The van der Waals surface area contributed by atoms with Gasteiger partial charge in [0.05, 0.1) is 23.5 Å². The molecule has 0 saturated carbocycles. The van der Waals surface area contributed by atoms with Crippen LogP contribution >= 0.6 is 11.8 Å². The number of hydrogen-bond donors (Lipinski definition) is 1. The number of amides is 2. The van der Waals surface area contributed by atoms with Crippen molar-refractivity contribution < 1.29 is 19.1 Å². The number of carbonyl (C=O) groups is 3. The Hall–Kier alpha value is -2.02. The predicted octanol–water partition coefficient (Wildman–Crippen LogP) is 2.53. The molecule has 25 heavy (non-hydrogen) atoms. The van der Waals surface area contributed by atoms with Crippen LogP contribution in [0.5, 0.6) is 0 Å². The zero-order valence-corrected chi connectivity index (χ0v) is 15.2. The average molecular weight is 362 g/mol. The molecule has 1 saturated heterocycles. The van der Waals surface area contributed by atoms with Crippen LogP contribution in [0.15, 0.2) is 23.1 Å². The molecule has 2 heterocycles. The highest BCUT2D eigenvalue weighted by Crippen LogP contribution is 2.36. The summed E-state index contributed by atoms with van der Waals surface area (Å²) in [5, 5.41) is 2.71. The van der Waals surface area contributed by atoms with E-state index in [0.29, 0.717) is 30.9 Å². The first kappa shape index (κ1) is 17.8. The van der Waals surface area contributed by atoms with Crippen LogP contribution in [-0.2, 0) is 14.3 Å². The summed E-state index contributed by atoms with van der Waals surface area (Å²) < 4.78 is 5.08. The van der Waals surface area contributed by atoms with Gasteiger partial charge in [0, 0.05) is 23.5 Å². The number of nitrogens with one attached hydrogen (secondary N) is 1. The van der Waals surface area contributed by atoms with E-state index in [9.17, 15) is 14.4 Å². The number of likely N-dealkylation sites (tertiary alicyclic amines) is 1. The van der Waals surface area contributed by atoms with Gasteiger partial charge in [-0.15, -0.1) is 11.8 Å². The summed E-state index contributed by atoms with van der Waals surface area (Å²) in [6.07, 6.45) is 1.53. The molecule has 2 aliphatic rings. The summed E-state index contributed by atoms with van der Waals surface area (Å²) in [7, 11) is 0. The van der Waals surface area contributed by atoms with Gasteiger partial charge < -0.3 is 15.0 Å². The normalized spacial score (nSPS) is 22.8. The topological polar surface area (TPSA) is 75.7 Å². The van der Waals surface area contributed by atoms with E-state index in [1.807, 2.05) is 13.0 Å². The number of thioether (sulfide) groups is 1. The lowest BCUT2D eigenvalue weighted by molar-refractivity contribution is -0.149. The number of nitrogens with zero attached hydrogens (tertiary/aromatic N) is 1. The lowest BCUT2D eigenvalue weighted by Crippen LogP contribution is -2.42. The van der Waals surface area contributed by atoms with Crippen molar-refractivity contribution in [2.75, 3.05) is 25.0 Å². The Kier molecular flexibility index (Phi) is 5.32. The number of piperidine rings is 1. The second-order valence-corrected chi connectivity index (χ2v) is 7.69. The fourth-order valence-corrected chi connectivity index (χ4v) is 4.07. The molecule has 1 N–H and O–H groups in total. The van der Waals surface area contributed by atoms with Gasteiger partial charge in [0.15, 0.2) is 0 Å². The predicted molar refractivity (Wildman–Crippen MR) is 95.7 cm³/mol. The summed E-state index contributed by atoms with van der Waals surface area (Å²) in [4.78, 5) is 39.3. The third kappa shape index (κ3) is 3.81. The number of ether oxygens (including phenoxy) is 1. The van der Waals surface area contributed by atoms with E-state index >= 15 is 0 Å². The van der Waals surface area contributed by atoms with E-state index in [2.05, 4.69) is 5.32 Å². The minimum Gasteiger partial charge on any atom is -0.466 e. The molecular formula is C18H22N2O4S. The van der Waals surface area contributed by atoms with Gasteiger partial charge in [-0.25, -0.2) is 0 Å². The fourth-order valence-electron chi connectivity index (χ4n) is 3.14. The molecule has 1 aromatic rings. The highest BCUT2D eigenvalue weighted by atomic mass is 32.2. The first-order chi connectivity index (χ1) is 12.0. The van der Waals surface area contributed by atoms with Crippen LogP contribution in [0.2, 0.25) is 0 Å². The Balaban J connectivity index is 1.74. The maximum atomic E-state index is 12.8. The van der Waals surface area contributed by atoms with Gasteiger partial charge in [-0.05, 0) is 44.9 Å². The molecule has 134 valence electrons. The number of esters is 1. The lowest BCUT2D eigenvalue weighted by atomic mass is 9.97. The van der Waals surface area contributed by atoms with Crippen LogP contribution < -0.4 is 5.32 Å². The average Bonchev–Trinajstić information content (AvgIpc) is 2.62. The first-order valence-electron chi connectivity index (χ1n) is 8.57. The second-order valence-electron chi connectivity index (χ2n) is 6.30. The summed E-state index contributed by atoms with van der Waals surface area (Å²) in [6, 6.07) is 5.38. The van der Waals surface area contributed by atoms with Crippen molar-refractivity contribution in [1.29, 1.82) is 0 Å². The van der Waals surface area contributed by atoms with Crippen molar-refractivity contribution in [3.05, 3.63) is 23.8 Å². The van der Waals surface area contributed by atoms with E-state index in [0.717, 1.165) is 17.7 Å². The Labute approximate surface area is 151 Å². The monoisotopic (exact) mass is 362 g/mol. The molecule has 0 aliphatic carbocycles. The van der Waals surface area contributed by atoms with E-state index in [1.165, 1.54) is 11.8 Å². The van der Waals surface area contributed by atoms with E-state index in [4.69, 9.17) is 4.74 Å². The summed E-state index contributed by atoms with van der Waals surface area (Å²) in [5.41, 5.74) is 1.21. The standard InChI is InChI=1S/C18H22N2O4S/c1-3-24-18(23)13-5-4-8-20(10-13)17(22)12-6-7-15-14(9-12)19-16(21)11(2)25-15/h6-7,9,11,13H,3-5,8,10H2,1-2H3,(H,19,21)/t11-,13+/m1/s1. The highest BCUT2D eigenvalue weighted by Gasteiger charge is 2.30. The second kappa shape index (κ2) is 7.47. The fraction of sp³-hybridized carbons (Fsp3) is 0.500. The SMILES string of the molecule is CCOC(=O)[C@H]1CCCN(C(=O)c2ccc3c(c2)NC(=O)[C@@H](C)S3)C1. The van der Waals surface area contributed by atoms with Crippen molar-refractivity contribution >= 4 is 35.2 Å². The number of benzene rings is 1. The van der Waals surface area contributed by atoms with Crippen LogP contribution in [0.4, 0.5) is 5.69 Å². The van der Waals surface area contributed by atoms with Gasteiger partial charge in [0.1, 0.15) is 0 Å². The van der Waals surface area contributed by atoms with Gasteiger partial charge >= 0.3 is 5.97 Å². The molecule has 1 fully saturated rings. The summed E-state index contributed by atoms with van der Waals surface area (Å²) in [5.74, 6) is -0.661. The van der Waals surface area contributed by atoms with Crippen LogP contribution in [0, 0.1) is 5.92 Å². The molecule has 0 spiro atoms.